The number of hydrogen-bond donors (Lipinski definition) is 3. The Bertz CT molecular complexity index is 679. The van der Waals surface area contributed by atoms with Gasteiger partial charge in [0, 0.05) is 5.56 Å². The normalized spacial score (nSPS) is 30.5. The molecule has 2 heterocycles. The van der Waals surface area contributed by atoms with E-state index in [0.29, 0.717) is 17.7 Å². The van der Waals surface area contributed by atoms with E-state index in [9.17, 15) is 19.7 Å². The molecule has 3 unspecified atom stereocenters. The third-order valence-electron chi connectivity index (χ3n) is 4.33. The van der Waals surface area contributed by atoms with Crippen molar-refractivity contribution in [3.8, 4) is 11.3 Å². The summed E-state index contributed by atoms with van der Waals surface area (Å²) in [7, 11) is 0. The third-order valence-corrected chi connectivity index (χ3v) is 4.33. The Balaban J connectivity index is 1.92. The van der Waals surface area contributed by atoms with Crippen molar-refractivity contribution in [1.82, 2.24) is 15.0 Å². The average Bonchev–Trinajstić information content (AvgIpc) is 3.05. The maximum atomic E-state index is 13.4. The summed E-state index contributed by atoms with van der Waals surface area (Å²) < 4.78 is 20.2. The summed E-state index contributed by atoms with van der Waals surface area (Å²) >= 11 is 0. The maximum Gasteiger partial charge on any atom is 0.123 e. The van der Waals surface area contributed by atoms with Crippen LogP contribution in [0.3, 0.4) is 0 Å². The first-order valence-corrected chi connectivity index (χ1v) is 7.85. The number of aliphatic hydroxyl groups excluding tert-OH is 3. The number of rotatable bonds is 4. The first-order chi connectivity index (χ1) is 11.5. The number of aliphatic hydroxyl groups is 3. The highest BCUT2D eigenvalue weighted by molar-refractivity contribution is 5.57. The molecule has 1 saturated heterocycles. The Morgan fingerprint density at radius 2 is 2.00 bits per heavy atom. The van der Waals surface area contributed by atoms with Gasteiger partial charge in [0.25, 0.3) is 0 Å². The van der Waals surface area contributed by atoms with Crippen molar-refractivity contribution >= 4 is 0 Å². The van der Waals surface area contributed by atoms with E-state index in [1.165, 1.54) is 16.8 Å². The Kier molecular flexibility index (Phi) is 4.91. The molecule has 2 aromatic rings. The van der Waals surface area contributed by atoms with Crippen LogP contribution in [0, 0.1) is 5.82 Å². The lowest BCUT2D eigenvalue weighted by atomic mass is 9.91. The lowest BCUT2D eigenvalue weighted by molar-refractivity contribution is -0.205. The van der Waals surface area contributed by atoms with Crippen molar-refractivity contribution in [3.05, 3.63) is 36.3 Å². The second kappa shape index (κ2) is 6.94. The van der Waals surface area contributed by atoms with Crippen molar-refractivity contribution in [3.63, 3.8) is 0 Å². The van der Waals surface area contributed by atoms with Gasteiger partial charge in [0.15, 0.2) is 0 Å². The Morgan fingerprint density at radius 3 is 2.67 bits per heavy atom. The van der Waals surface area contributed by atoms with Gasteiger partial charge in [-0.05, 0) is 18.6 Å². The molecule has 3 N–H and O–H groups in total. The first-order valence-electron chi connectivity index (χ1n) is 7.85. The number of hydrogen-bond acceptors (Lipinski definition) is 6. The van der Waals surface area contributed by atoms with Gasteiger partial charge in [-0.2, -0.15) is 0 Å². The monoisotopic (exact) mass is 337 g/mol. The SMILES string of the molecule is CCC1OC(CO)[C@H](O)[C@H](n2cc(-c3cccc(F)c3)nn2)C1O. The van der Waals surface area contributed by atoms with Gasteiger partial charge in [-0.1, -0.05) is 24.3 Å². The molecule has 0 saturated carbocycles. The molecule has 0 radical (unpaired) electrons. The summed E-state index contributed by atoms with van der Waals surface area (Å²) in [6.07, 6.45) is -1.43. The van der Waals surface area contributed by atoms with Gasteiger partial charge in [0.1, 0.15) is 35.9 Å². The second-order valence-electron chi connectivity index (χ2n) is 5.87. The highest BCUT2D eigenvalue weighted by Gasteiger charge is 2.45. The van der Waals surface area contributed by atoms with Crippen molar-refractivity contribution in [2.24, 2.45) is 0 Å². The molecule has 1 aromatic carbocycles. The molecular formula is C16H20FN3O4. The topological polar surface area (TPSA) is 101 Å². The Labute approximate surface area is 138 Å². The zero-order valence-electron chi connectivity index (χ0n) is 13.2. The third kappa shape index (κ3) is 3.05. The highest BCUT2D eigenvalue weighted by Crippen LogP contribution is 2.31. The second-order valence-corrected chi connectivity index (χ2v) is 5.87. The molecule has 1 aliphatic rings. The van der Waals surface area contributed by atoms with Crippen LogP contribution in [0.5, 0.6) is 0 Å². The molecule has 3 rings (SSSR count). The zero-order valence-corrected chi connectivity index (χ0v) is 13.2. The minimum Gasteiger partial charge on any atom is -0.394 e. The van der Waals surface area contributed by atoms with Crippen molar-refractivity contribution in [2.75, 3.05) is 6.61 Å². The summed E-state index contributed by atoms with van der Waals surface area (Å²) in [4.78, 5) is 0. The van der Waals surface area contributed by atoms with Gasteiger partial charge in [0.2, 0.25) is 0 Å². The van der Waals surface area contributed by atoms with E-state index >= 15 is 0 Å². The molecule has 0 amide bonds. The molecule has 1 fully saturated rings. The van der Waals surface area contributed by atoms with E-state index in [2.05, 4.69) is 10.3 Å². The Hall–Kier alpha value is -1.87. The standard InChI is InChI=1S/C16H20FN3O4/c1-2-12-15(22)14(16(23)13(8-21)24-12)20-7-11(18-19-20)9-4-3-5-10(17)6-9/h3-7,12-16,21-23H,2,8H2,1H3/t12?,13?,14-,15?,16+/m1/s1. The number of benzene rings is 1. The number of aromatic nitrogens is 3. The van der Waals surface area contributed by atoms with E-state index in [1.807, 2.05) is 6.92 Å². The molecular weight excluding hydrogens is 317 g/mol. The van der Waals surface area contributed by atoms with Crippen LogP contribution in [0.2, 0.25) is 0 Å². The van der Waals surface area contributed by atoms with Crippen LogP contribution in [0.25, 0.3) is 11.3 Å². The summed E-state index contributed by atoms with van der Waals surface area (Å²) in [5.74, 6) is -0.389. The van der Waals surface area contributed by atoms with Crippen LogP contribution in [0.4, 0.5) is 4.39 Å². The maximum absolute atomic E-state index is 13.4. The molecule has 1 aromatic heterocycles. The van der Waals surface area contributed by atoms with Gasteiger partial charge >= 0.3 is 0 Å². The summed E-state index contributed by atoms with van der Waals surface area (Å²) in [6, 6.07) is 5.11. The van der Waals surface area contributed by atoms with Crippen molar-refractivity contribution in [2.45, 2.75) is 43.8 Å². The van der Waals surface area contributed by atoms with Crippen LogP contribution >= 0.6 is 0 Å². The predicted octanol–water partition coefficient (Wildman–Crippen LogP) is 0.517. The van der Waals surface area contributed by atoms with Crippen LogP contribution < -0.4 is 0 Å². The van der Waals surface area contributed by atoms with E-state index in [-0.39, 0.29) is 12.4 Å². The van der Waals surface area contributed by atoms with Crippen molar-refractivity contribution < 1.29 is 24.4 Å². The van der Waals surface area contributed by atoms with Gasteiger partial charge in [-0.3, -0.25) is 0 Å². The van der Waals surface area contributed by atoms with Crippen LogP contribution in [0.15, 0.2) is 30.5 Å². The quantitative estimate of drug-likeness (QED) is 0.752. The van der Waals surface area contributed by atoms with Gasteiger partial charge in [0.05, 0.1) is 18.9 Å². The summed E-state index contributed by atoms with van der Waals surface area (Å²) in [5, 5.41) is 38.2. The molecule has 0 bridgehead atoms. The molecule has 8 heteroatoms. The molecule has 130 valence electrons. The van der Waals surface area contributed by atoms with E-state index in [1.54, 1.807) is 18.3 Å². The van der Waals surface area contributed by atoms with Gasteiger partial charge in [-0.15, -0.1) is 5.10 Å². The molecule has 1 aliphatic heterocycles. The zero-order chi connectivity index (χ0) is 17.3. The van der Waals surface area contributed by atoms with E-state index in [4.69, 9.17) is 4.74 Å². The van der Waals surface area contributed by atoms with Gasteiger partial charge in [-0.25, -0.2) is 9.07 Å². The largest absolute Gasteiger partial charge is 0.394 e. The fourth-order valence-corrected chi connectivity index (χ4v) is 3.03. The Morgan fingerprint density at radius 1 is 1.25 bits per heavy atom. The van der Waals surface area contributed by atoms with Crippen molar-refractivity contribution in [1.29, 1.82) is 0 Å². The minimum absolute atomic E-state index is 0.369. The molecule has 7 nitrogen and oxygen atoms in total. The molecule has 0 aliphatic carbocycles. The lowest BCUT2D eigenvalue weighted by Gasteiger charge is -2.41. The van der Waals surface area contributed by atoms with Crippen LogP contribution in [-0.2, 0) is 4.74 Å². The lowest BCUT2D eigenvalue weighted by Crippen LogP contribution is -2.55. The average molecular weight is 337 g/mol. The molecule has 0 spiro atoms. The fourth-order valence-electron chi connectivity index (χ4n) is 3.03. The minimum atomic E-state index is -1.14. The molecule has 5 atom stereocenters. The summed E-state index contributed by atoms with van der Waals surface area (Å²) in [5.41, 5.74) is 0.969. The van der Waals surface area contributed by atoms with Crippen LogP contribution in [-0.4, -0.2) is 61.3 Å². The fraction of sp³-hybridized carbons (Fsp3) is 0.500. The first kappa shape index (κ1) is 17.0. The molecule has 24 heavy (non-hydrogen) atoms. The summed E-state index contributed by atoms with van der Waals surface area (Å²) in [6.45, 7) is 1.48. The van der Waals surface area contributed by atoms with E-state index < -0.39 is 30.5 Å². The number of halogens is 1. The van der Waals surface area contributed by atoms with E-state index in [0.717, 1.165) is 0 Å². The van der Waals surface area contributed by atoms with Crippen LogP contribution in [0.1, 0.15) is 19.4 Å². The number of nitrogens with zero attached hydrogens (tertiary/aromatic N) is 3. The van der Waals surface area contributed by atoms with Gasteiger partial charge < -0.3 is 20.1 Å². The predicted molar refractivity (Wildman–Crippen MR) is 82.5 cm³/mol. The highest BCUT2D eigenvalue weighted by atomic mass is 19.1. The smallest absolute Gasteiger partial charge is 0.123 e. The number of ether oxygens (including phenoxy) is 1.